The van der Waals surface area contributed by atoms with E-state index in [2.05, 4.69) is 40.8 Å². The zero-order valence-electron chi connectivity index (χ0n) is 14.7. The monoisotopic (exact) mass is 316 g/mol. The average Bonchev–Trinajstić information content (AvgIpc) is 2.30. The SMILES string of the molecule is CC(=O)OC1CC[C@H](C)[C@@H](CCO[Si](C)(C)C(C)(C)C)O1. The number of rotatable bonds is 5. The molecular weight excluding hydrogens is 284 g/mol. The average molecular weight is 317 g/mol. The summed E-state index contributed by atoms with van der Waals surface area (Å²) in [6, 6.07) is 0. The fourth-order valence-electron chi connectivity index (χ4n) is 2.25. The number of hydrogen-bond donors (Lipinski definition) is 0. The van der Waals surface area contributed by atoms with Crippen LogP contribution >= 0.6 is 0 Å². The molecule has 0 aromatic heterocycles. The Bertz CT molecular complexity index is 349. The van der Waals surface area contributed by atoms with Crippen LogP contribution in [0, 0.1) is 5.92 Å². The van der Waals surface area contributed by atoms with Crippen LogP contribution in [0.1, 0.15) is 53.9 Å². The molecule has 1 heterocycles. The van der Waals surface area contributed by atoms with E-state index < -0.39 is 8.32 Å². The van der Waals surface area contributed by atoms with Gasteiger partial charge in [-0.3, -0.25) is 4.79 Å². The summed E-state index contributed by atoms with van der Waals surface area (Å²) >= 11 is 0. The molecule has 3 atom stereocenters. The predicted molar refractivity (Wildman–Crippen MR) is 86.6 cm³/mol. The third kappa shape index (κ3) is 5.72. The van der Waals surface area contributed by atoms with Gasteiger partial charge in [-0.2, -0.15) is 0 Å². The van der Waals surface area contributed by atoms with Crippen LogP contribution in [-0.4, -0.2) is 33.3 Å². The topological polar surface area (TPSA) is 44.8 Å². The van der Waals surface area contributed by atoms with Crippen LogP contribution in [0.4, 0.5) is 0 Å². The smallest absolute Gasteiger partial charge is 0.304 e. The Morgan fingerprint density at radius 2 is 1.90 bits per heavy atom. The number of carbonyl (C=O) groups is 1. The van der Waals surface area contributed by atoms with Crippen molar-refractivity contribution in [3.63, 3.8) is 0 Å². The fourth-order valence-corrected chi connectivity index (χ4v) is 3.31. The van der Waals surface area contributed by atoms with E-state index in [0.29, 0.717) is 5.92 Å². The second kappa shape index (κ2) is 7.25. The molecule has 1 unspecified atom stereocenters. The standard InChI is InChI=1S/C16H32O4Si/c1-12-8-9-15(19-13(2)17)20-14(12)10-11-18-21(6,7)16(3,4)5/h12,14-15H,8-11H2,1-7H3/t12-,14+,15?/m0/s1. The van der Waals surface area contributed by atoms with Gasteiger partial charge < -0.3 is 13.9 Å². The van der Waals surface area contributed by atoms with Crippen LogP contribution in [0.25, 0.3) is 0 Å². The van der Waals surface area contributed by atoms with Crippen LogP contribution in [0.2, 0.25) is 18.1 Å². The summed E-state index contributed by atoms with van der Waals surface area (Å²) in [4.78, 5) is 11.0. The van der Waals surface area contributed by atoms with Crippen LogP contribution < -0.4 is 0 Å². The number of esters is 1. The summed E-state index contributed by atoms with van der Waals surface area (Å²) in [7, 11) is -1.70. The Balaban J connectivity index is 2.44. The summed E-state index contributed by atoms with van der Waals surface area (Å²) in [6.45, 7) is 15.6. The normalized spacial score (nSPS) is 27.5. The third-order valence-corrected chi connectivity index (χ3v) is 9.33. The van der Waals surface area contributed by atoms with E-state index in [-0.39, 0.29) is 23.4 Å². The lowest BCUT2D eigenvalue weighted by Gasteiger charge is -2.38. The van der Waals surface area contributed by atoms with Gasteiger partial charge in [0.1, 0.15) is 0 Å². The molecule has 1 rings (SSSR count). The molecule has 0 radical (unpaired) electrons. The highest BCUT2D eigenvalue weighted by molar-refractivity contribution is 6.74. The van der Waals surface area contributed by atoms with Gasteiger partial charge in [-0.25, -0.2) is 0 Å². The predicted octanol–water partition coefficient (Wildman–Crippen LogP) is 4.10. The van der Waals surface area contributed by atoms with Gasteiger partial charge in [-0.05, 0) is 36.9 Å². The molecule has 1 aliphatic heterocycles. The Kier molecular flexibility index (Phi) is 6.44. The zero-order chi connectivity index (χ0) is 16.3. The first-order valence-corrected chi connectivity index (χ1v) is 10.9. The molecule has 0 amide bonds. The van der Waals surface area contributed by atoms with Crippen molar-refractivity contribution in [2.75, 3.05) is 6.61 Å². The van der Waals surface area contributed by atoms with Crippen LogP contribution in [-0.2, 0) is 18.7 Å². The second-order valence-corrected chi connectivity index (χ2v) is 12.5. The maximum Gasteiger partial charge on any atom is 0.304 e. The molecule has 5 heteroatoms. The molecule has 0 aromatic rings. The largest absolute Gasteiger partial charge is 0.436 e. The Hall–Kier alpha value is -0.393. The minimum atomic E-state index is -1.70. The highest BCUT2D eigenvalue weighted by atomic mass is 28.4. The molecule has 0 aliphatic carbocycles. The van der Waals surface area contributed by atoms with Gasteiger partial charge in [-0.1, -0.05) is 27.7 Å². The summed E-state index contributed by atoms with van der Waals surface area (Å²) in [5.74, 6) is 0.214. The van der Waals surface area contributed by atoms with Gasteiger partial charge in [0, 0.05) is 20.0 Å². The first-order chi connectivity index (χ1) is 9.53. The molecule has 0 bridgehead atoms. The van der Waals surface area contributed by atoms with Gasteiger partial charge in [0.25, 0.3) is 0 Å². The van der Waals surface area contributed by atoms with Crippen molar-refractivity contribution in [2.24, 2.45) is 5.92 Å². The molecule has 21 heavy (non-hydrogen) atoms. The van der Waals surface area contributed by atoms with Crippen LogP contribution in [0.5, 0.6) is 0 Å². The van der Waals surface area contributed by atoms with Gasteiger partial charge >= 0.3 is 5.97 Å². The number of ether oxygens (including phenoxy) is 2. The first-order valence-electron chi connectivity index (χ1n) is 7.99. The summed E-state index contributed by atoms with van der Waals surface area (Å²) in [5.41, 5.74) is 0. The maximum atomic E-state index is 11.0. The van der Waals surface area contributed by atoms with Crippen molar-refractivity contribution in [1.82, 2.24) is 0 Å². The number of hydrogen-bond acceptors (Lipinski definition) is 4. The molecule has 0 aromatic carbocycles. The van der Waals surface area contributed by atoms with Crippen molar-refractivity contribution in [1.29, 1.82) is 0 Å². The first kappa shape index (κ1) is 18.7. The van der Waals surface area contributed by atoms with E-state index in [1.165, 1.54) is 6.92 Å². The zero-order valence-corrected chi connectivity index (χ0v) is 15.7. The molecule has 1 saturated heterocycles. The molecule has 0 saturated carbocycles. The summed E-state index contributed by atoms with van der Waals surface area (Å²) in [6.07, 6.45) is 2.43. The van der Waals surface area contributed by atoms with Gasteiger partial charge in [0.15, 0.2) is 8.32 Å². The molecular formula is C16H32O4Si. The van der Waals surface area contributed by atoms with Crippen molar-refractivity contribution in [3.8, 4) is 0 Å². The minimum Gasteiger partial charge on any atom is -0.436 e. The van der Waals surface area contributed by atoms with Gasteiger partial charge in [0.2, 0.25) is 6.29 Å². The number of carbonyl (C=O) groups excluding carboxylic acids is 1. The van der Waals surface area contributed by atoms with Crippen molar-refractivity contribution < 1.29 is 18.7 Å². The van der Waals surface area contributed by atoms with E-state index >= 15 is 0 Å². The van der Waals surface area contributed by atoms with Crippen LogP contribution in [0.3, 0.4) is 0 Å². The molecule has 124 valence electrons. The van der Waals surface area contributed by atoms with E-state index in [1.54, 1.807) is 0 Å². The molecule has 0 spiro atoms. The van der Waals surface area contributed by atoms with Crippen molar-refractivity contribution in [2.45, 2.75) is 84.4 Å². The fraction of sp³-hybridized carbons (Fsp3) is 0.938. The van der Waals surface area contributed by atoms with Crippen LogP contribution in [0.15, 0.2) is 0 Å². The van der Waals surface area contributed by atoms with Crippen molar-refractivity contribution >= 4 is 14.3 Å². The Morgan fingerprint density at radius 3 is 2.43 bits per heavy atom. The van der Waals surface area contributed by atoms with E-state index in [0.717, 1.165) is 25.9 Å². The summed E-state index contributed by atoms with van der Waals surface area (Å²) in [5, 5.41) is 0.228. The molecule has 4 nitrogen and oxygen atoms in total. The van der Waals surface area contributed by atoms with Crippen molar-refractivity contribution in [3.05, 3.63) is 0 Å². The highest BCUT2D eigenvalue weighted by Crippen LogP contribution is 2.37. The molecule has 1 aliphatic rings. The van der Waals surface area contributed by atoms with Gasteiger partial charge in [0.05, 0.1) is 6.10 Å². The maximum absolute atomic E-state index is 11.0. The lowest BCUT2D eigenvalue weighted by molar-refractivity contribution is -0.211. The molecule has 1 fully saturated rings. The second-order valence-electron chi connectivity index (χ2n) is 7.67. The Labute approximate surface area is 130 Å². The lowest BCUT2D eigenvalue weighted by atomic mass is 9.94. The van der Waals surface area contributed by atoms with E-state index in [1.807, 2.05) is 0 Å². The highest BCUT2D eigenvalue weighted by Gasteiger charge is 2.37. The van der Waals surface area contributed by atoms with Gasteiger partial charge in [-0.15, -0.1) is 0 Å². The minimum absolute atomic E-state index is 0.118. The third-order valence-electron chi connectivity index (χ3n) is 4.79. The van der Waals surface area contributed by atoms with E-state index in [9.17, 15) is 4.79 Å². The van der Waals surface area contributed by atoms with E-state index in [4.69, 9.17) is 13.9 Å². The summed E-state index contributed by atoms with van der Waals surface area (Å²) < 4.78 is 17.3. The lowest BCUT2D eigenvalue weighted by Crippen LogP contribution is -2.42. The quantitative estimate of drug-likeness (QED) is 0.566. The molecule has 0 N–H and O–H groups in total. The Morgan fingerprint density at radius 1 is 1.29 bits per heavy atom.